The molecule has 0 aliphatic heterocycles. The fourth-order valence-electron chi connectivity index (χ4n) is 1.76. The summed E-state index contributed by atoms with van der Waals surface area (Å²) < 4.78 is 5.55. The van der Waals surface area contributed by atoms with E-state index in [9.17, 15) is 4.79 Å². The Balaban J connectivity index is 2.42. The molecule has 0 radical (unpaired) electrons. The second-order valence-electron chi connectivity index (χ2n) is 4.74. The maximum absolute atomic E-state index is 11.4. The summed E-state index contributed by atoms with van der Waals surface area (Å²) in [5.41, 5.74) is 1.23. The summed E-state index contributed by atoms with van der Waals surface area (Å²) in [5, 5.41) is 3.36. The first-order valence-electron chi connectivity index (χ1n) is 6.71. The van der Waals surface area contributed by atoms with Crippen LogP contribution >= 0.6 is 0 Å². The molecule has 1 amide bonds. The van der Waals surface area contributed by atoms with Crippen molar-refractivity contribution in [2.24, 2.45) is 0 Å². The average Bonchev–Trinajstić information content (AvgIpc) is 2.39. The standard InChI is InChI=1S/C15H24N2O2/c1-5-16-12(2)13-6-8-14(9-7-13)19-11-10-15(18)17(3)4/h6-9,12,16H,5,10-11H2,1-4H3. The van der Waals surface area contributed by atoms with Gasteiger partial charge in [-0.2, -0.15) is 0 Å². The van der Waals surface area contributed by atoms with E-state index < -0.39 is 0 Å². The van der Waals surface area contributed by atoms with Crippen LogP contribution in [0.3, 0.4) is 0 Å². The molecule has 1 aromatic carbocycles. The van der Waals surface area contributed by atoms with Crippen molar-refractivity contribution in [1.29, 1.82) is 0 Å². The zero-order valence-electron chi connectivity index (χ0n) is 12.3. The van der Waals surface area contributed by atoms with Crippen LogP contribution in [-0.4, -0.2) is 38.1 Å². The first kappa shape index (κ1) is 15.5. The van der Waals surface area contributed by atoms with Gasteiger partial charge in [0.1, 0.15) is 5.75 Å². The Kier molecular flexibility index (Phi) is 6.36. The quantitative estimate of drug-likeness (QED) is 0.821. The normalized spacial score (nSPS) is 12.0. The van der Waals surface area contributed by atoms with E-state index in [1.165, 1.54) is 5.56 Å². The Hall–Kier alpha value is -1.55. The zero-order valence-corrected chi connectivity index (χ0v) is 12.3. The fourth-order valence-corrected chi connectivity index (χ4v) is 1.76. The van der Waals surface area contributed by atoms with Crippen molar-refractivity contribution < 1.29 is 9.53 Å². The van der Waals surface area contributed by atoms with E-state index >= 15 is 0 Å². The molecule has 0 aromatic heterocycles. The van der Waals surface area contributed by atoms with E-state index in [2.05, 4.69) is 31.3 Å². The van der Waals surface area contributed by atoms with Gasteiger partial charge < -0.3 is 15.0 Å². The number of amides is 1. The second-order valence-corrected chi connectivity index (χ2v) is 4.74. The van der Waals surface area contributed by atoms with Crippen LogP contribution in [0.25, 0.3) is 0 Å². The number of hydrogen-bond donors (Lipinski definition) is 1. The fraction of sp³-hybridized carbons (Fsp3) is 0.533. The minimum Gasteiger partial charge on any atom is -0.493 e. The number of benzene rings is 1. The van der Waals surface area contributed by atoms with E-state index in [0.29, 0.717) is 19.1 Å². The van der Waals surface area contributed by atoms with E-state index in [4.69, 9.17) is 4.74 Å². The summed E-state index contributed by atoms with van der Waals surface area (Å²) in [6, 6.07) is 8.34. The van der Waals surface area contributed by atoms with Crippen LogP contribution in [0.15, 0.2) is 24.3 Å². The summed E-state index contributed by atoms with van der Waals surface area (Å²) in [6.45, 7) is 5.59. The van der Waals surface area contributed by atoms with Crippen LogP contribution in [0, 0.1) is 0 Å². The summed E-state index contributed by atoms with van der Waals surface area (Å²) >= 11 is 0. The third kappa shape index (κ3) is 5.30. The average molecular weight is 264 g/mol. The minimum absolute atomic E-state index is 0.0809. The molecule has 4 nitrogen and oxygen atoms in total. The van der Waals surface area contributed by atoms with Crippen molar-refractivity contribution in [2.45, 2.75) is 26.3 Å². The molecule has 1 unspecified atom stereocenters. The molecule has 0 heterocycles. The van der Waals surface area contributed by atoms with Crippen LogP contribution in [0.1, 0.15) is 31.9 Å². The van der Waals surface area contributed by atoms with E-state index in [0.717, 1.165) is 12.3 Å². The van der Waals surface area contributed by atoms with Crippen molar-refractivity contribution >= 4 is 5.91 Å². The van der Waals surface area contributed by atoms with Gasteiger partial charge in [0.2, 0.25) is 5.91 Å². The van der Waals surface area contributed by atoms with Crippen LogP contribution in [0.2, 0.25) is 0 Å². The van der Waals surface area contributed by atoms with Gasteiger partial charge in [-0.1, -0.05) is 19.1 Å². The van der Waals surface area contributed by atoms with E-state index in [1.54, 1.807) is 19.0 Å². The van der Waals surface area contributed by atoms with Gasteiger partial charge in [0.15, 0.2) is 0 Å². The van der Waals surface area contributed by atoms with Gasteiger partial charge in [0.05, 0.1) is 13.0 Å². The van der Waals surface area contributed by atoms with Crippen LogP contribution in [0.4, 0.5) is 0 Å². The number of rotatable bonds is 7. The Morgan fingerprint density at radius 3 is 2.47 bits per heavy atom. The highest BCUT2D eigenvalue weighted by Crippen LogP contribution is 2.17. The van der Waals surface area contributed by atoms with Crippen molar-refractivity contribution in [3.63, 3.8) is 0 Å². The Morgan fingerprint density at radius 2 is 1.95 bits per heavy atom. The highest BCUT2D eigenvalue weighted by Gasteiger charge is 2.05. The molecule has 1 N–H and O–H groups in total. The van der Waals surface area contributed by atoms with Crippen molar-refractivity contribution in [3.05, 3.63) is 29.8 Å². The van der Waals surface area contributed by atoms with Crippen molar-refractivity contribution in [2.75, 3.05) is 27.2 Å². The molecule has 4 heteroatoms. The first-order chi connectivity index (χ1) is 9.04. The highest BCUT2D eigenvalue weighted by molar-refractivity contribution is 5.75. The molecule has 106 valence electrons. The minimum atomic E-state index is 0.0809. The van der Waals surface area contributed by atoms with Gasteiger partial charge in [-0.15, -0.1) is 0 Å². The predicted molar refractivity (Wildman–Crippen MR) is 77.3 cm³/mol. The largest absolute Gasteiger partial charge is 0.493 e. The third-order valence-electron chi connectivity index (χ3n) is 2.97. The summed E-state index contributed by atoms with van der Waals surface area (Å²) in [4.78, 5) is 13.0. The molecule has 0 saturated carbocycles. The van der Waals surface area contributed by atoms with Gasteiger partial charge >= 0.3 is 0 Å². The molecular weight excluding hydrogens is 240 g/mol. The number of ether oxygens (including phenoxy) is 1. The van der Waals surface area contributed by atoms with Gasteiger partial charge in [0, 0.05) is 20.1 Å². The molecule has 0 saturated heterocycles. The zero-order chi connectivity index (χ0) is 14.3. The molecule has 1 atom stereocenters. The van der Waals surface area contributed by atoms with Gasteiger partial charge in [-0.3, -0.25) is 4.79 Å². The number of nitrogens with one attached hydrogen (secondary N) is 1. The van der Waals surface area contributed by atoms with Crippen LogP contribution in [0.5, 0.6) is 5.75 Å². The SMILES string of the molecule is CCNC(C)c1ccc(OCCC(=O)N(C)C)cc1. The lowest BCUT2D eigenvalue weighted by atomic mass is 10.1. The summed E-state index contributed by atoms with van der Waals surface area (Å²) in [5.74, 6) is 0.886. The smallest absolute Gasteiger partial charge is 0.225 e. The number of carbonyl (C=O) groups excluding carboxylic acids is 1. The predicted octanol–water partition coefficient (Wildman–Crippen LogP) is 2.21. The van der Waals surface area contributed by atoms with E-state index in [1.807, 2.05) is 12.1 Å². The molecule has 1 aromatic rings. The van der Waals surface area contributed by atoms with Crippen LogP contribution in [-0.2, 0) is 4.79 Å². The Bertz CT molecular complexity index is 388. The molecule has 0 bridgehead atoms. The number of carbonyl (C=O) groups is 1. The molecule has 1 rings (SSSR count). The van der Waals surface area contributed by atoms with Crippen molar-refractivity contribution in [3.8, 4) is 5.75 Å². The number of hydrogen-bond acceptors (Lipinski definition) is 3. The molecule has 0 fully saturated rings. The lowest BCUT2D eigenvalue weighted by Gasteiger charge is -2.14. The molecular formula is C15H24N2O2. The maximum Gasteiger partial charge on any atom is 0.225 e. The molecule has 19 heavy (non-hydrogen) atoms. The van der Waals surface area contributed by atoms with Crippen molar-refractivity contribution in [1.82, 2.24) is 10.2 Å². The highest BCUT2D eigenvalue weighted by atomic mass is 16.5. The lowest BCUT2D eigenvalue weighted by Crippen LogP contribution is -2.23. The van der Waals surface area contributed by atoms with Gasteiger partial charge in [-0.05, 0) is 31.2 Å². The Labute approximate surface area is 115 Å². The second kappa shape index (κ2) is 7.79. The van der Waals surface area contributed by atoms with Gasteiger partial charge in [-0.25, -0.2) is 0 Å². The number of nitrogens with zero attached hydrogens (tertiary/aromatic N) is 1. The molecule has 0 spiro atoms. The van der Waals surface area contributed by atoms with E-state index in [-0.39, 0.29) is 5.91 Å². The monoisotopic (exact) mass is 264 g/mol. The topological polar surface area (TPSA) is 41.6 Å². The summed E-state index contributed by atoms with van der Waals surface area (Å²) in [6.07, 6.45) is 0.405. The van der Waals surface area contributed by atoms with Crippen LogP contribution < -0.4 is 10.1 Å². The summed E-state index contributed by atoms with van der Waals surface area (Å²) in [7, 11) is 3.50. The lowest BCUT2D eigenvalue weighted by molar-refractivity contribution is -0.129. The maximum atomic E-state index is 11.4. The van der Waals surface area contributed by atoms with Gasteiger partial charge in [0.25, 0.3) is 0 Å². The Morgan fingerprint density at radius 1 is 1.32 bits per heavy atom. The third-order valence-corrected chi connectivity index (χ3v) is 2.97. The molecule has 0 aliphatic carbocycles. The molecule has 0 aliphatic rings. The first-order valence-corrected chi connectivity index (χ1v) is 6.71.